The van der Waals surface area contributed by atoms with E-state index >= 15 is 0 Å². The van der Waals surface area contributed by atoms with Crippen LogP contribution in [0.4, 0.5) is 0 Å². The second-order valence-electron chi connectivity index (χ2n) is 8.31. The molecule has 1 nitrogen and oxygen atoms in total. The van der Waals surface area contributed by atoms with Crippen LogP contribution in [0.5, 0.6) is 0 Å². The molecule has 0 saturated carbocycles. The van der Waals surface area contributed by atoms with Gasteiger partial charge in [-0.1, -0.05) is 78.3 Å². The van der Waals surface area contributed by atoms with Crippen molar-refractivity contribution < 1.29 is 4.42 Å². The zero-order chi connectivity index (χ0) is 21.2. The molecule has 1 aromatic heterocycles. The van der Waals surface area contributed by atoms with Gasteiger partial charge in [0.1, 0.15) is 11.2 Å². The Kier molecular flexibility index (Phi) is 3.67. The van der Waals surface area contributed by atoms with E-state index < -0.39 is 0 Å². The Hall–Kier alpha value is -3.81. The first kappa shape index (κ1) is 17.8. The van der Waals surface area contributed by atoms with Crippen molar-refractivity contribution in [3.05, 3.63) is 108 Å². The van der Waals surface area contributed by atoms with Crippen molar-refractivity contribution in [1.82, 2.24) is 0 Å². The van der Waals surface area contributed by atoms with Crippen molar-refractivity contribution in [2.45, 2.75) is 0 Å². The Labute approximate surface area is 189 Å². The van der Waals surface area contributed by atoms with Crippen molar-refractivity contribution in [2.75, 3.05) is 0 Å². The van der Waals surface area contributed by atoms with Gasteiger partial charge in [-0.15, -0.1) is 0 Å². The summed E-state index contributed by atoms with van der Waals surface area (Å²) in [5, 5.41) is 10.6. The highest BCUT2D eigenvalue weighted by molar-refractivity contribution is 6.31. The molecule has 1 heterocycles. The fourth-order valence-electron chi connectivity index (χ4n) is 5.02. The minimum absolute atomic E-state index is 0.686. The largest absolute Gasteiger partial charge is 0.456 e. The third-order valence-corrected chi connectivity index (χ3v) is 6.75. The molecule has 0 amide bonds. The molecule has 2 heteroatoms. The third kappa shape index (κ3) is 2.52. The van der Waals surface area contributed by atoms with Crippen molar-refractivity contribution in [1.29, 1.82) is 0 Å². The maximum atomic E-state index is 6.16. The fraction of sp³-hybridized carbons (Fsp3) is 0. The van der Waals surface area contributed by atoms with Crippen molar-refractivity contribution in [2.24, 2.45) is 0 Å². The van der Waals surface area contributed by atoms with E-state index in [-0.39, 0.29) is 0 Å². The fourth-order valence-corrected chi connectivity index (χ4v) is 5.18. The second kappa shape index (κ2) is 6.59. The van der Waals surface area contributed by atoms with Gasteiger partial charge in [0.05, 0.1) is 0 Å². The molecule has 7 rings (SSSR count). The lowest BCUT2D eigenvalue weighted by Crippen LogP contribution is -1.85. The first-order chi connectivity index (χ1) is 15.8. The molecule has 0 spiro atoms. The maximum Gasteiger partial charge on any atom is 0.136 e. The zero-order valence-electron chi connectivity index (χ0n) is 17.1. The predicted molar refractivity (Wildman–Crippen MR) is 137 cm³/mol. The van der Waals surface area contributed by atoms with Crippen LogP contribution in [-0.2, 0) is 0 Å². The van der Waals surface area contributed by atoms with Crippen LogP contribution >= 0.6 is 11.6 Å². The van der Waals surface area contributed by atoms with Gasteiger partial charge >= 0.3 is 0 Å². The quantitative estimate of drug-likeness (QED) is 0.237. The third-order valence-electron chi connectivity index (χ3n) is 6.51. The predicted octanol–water partition coefficient (Wildman–Crippen LogP) is 9.37. The molecule has 0 aliphatic rings. The van der Waals surface area contributed by atoms with Crippen molar-refractivity contribution in [3.8, 4) is 11.1 Å². The average molecular weight is 429 g/mol. The van der Waals surface area contributed by atoms with Crippen LogP contribution in [0.2, 0.25) is 5.02 Å². The first-order valence-corrected chi connectivity index (χ1v) is 11.1. The highest BCUT2D eigenvalue weighted by atomic mass is 35.5. The summed E-state index contributed by atoms with van der Waals surface area (Å²) in [6, 6.07) is 36.4. The van der Waals surface area contributed by atoms with Gasteiger partial charge in [-0.3, -0.25) is 0 Å². The summed E-state index contributed by atoms with van der Waals surface area (Å²) in [5.74, 6) is 0. The SMILES string of the molecule is Clc1ccc2c(c1)oc1ccc(-c3ccc4c5ccccc5c5ccccc5c4c3)cc12. The molecule has 0 N–H and O–H groups in total. The van der Waals surface area contributed by atoms with Crippen LogP contribution in [0.1, 0.15) is 0 Å². The Bertz CT molecular complexity index is 1810. The molecule has 150 valence electrons. The number of furan rings is 1. The summed E-state index contributed by atoms with van der Waals surface area (Å²) in [6.45, 7) is 0. The molecule has 7 aromatic rings. The molecule has 0 aliphatic heterocycles. The Morgan fingerprint density at radius 1 is 0.406 bits per heavy atom. The number of fused-ring (bicyclic) bond motifs is 9. The molecule has 0 atom stereocenters. The summed E-state index contributed by atoms with van der Waals surface area (Å²) < 4.78 is 6.02. The van der Waals surface area contributed by atoms with E-state index in [9.17, 15) is 0 Å². The highest BCUT2D eigenvalue weighted by Crippen LogP contribution is 2.38. The number of hydrogen-bond donors (Lipinski definition) is 0. The zero-order valence-corrected chi connectivity index (χ0v) is 17.9. The van der Waals surface area contributed by atoms with E-state index in [2.05, 4.69) is 84.9 Å². The van der Waals surface area contributed by atoms with Crippen LogP contribution in [0.3, 0.4) is 0 Å². The van der Waals surface area contributed by atoms with Crippen LogP contribution in [0.25, 0.3) is 65.4 Å². The molecule has 0 saturated heterocycles. The molecule has 0 bridgehead atoms. The maximum absolute atomic E-state index is 6.16. The van der Waals surface area contributed by atoms with Gasteiger partial charge in [-0.25, -0.2) is 0 Å². The van der Waals surface area contributed by atoms with Crippen LogP contribution < -0.4 is 0 Å². The Morgan fingerprint density at radius 3 is 1.62 bits per heavy atom. The van der Waals surface area contributed by atoms with E-state index in [0.29, 0.717) is 5.02 Å². The van der Waals surface area contributed by atoms with E-state index in [1.807, 2.05) is 18.2 Å². The molecule has 0 fully saturated rings. The Balaban J connectivity index is 1.52. The Morgan fingerprint density at radius 2 is 0.938 bits per heavy atom. The van der Waals surface area contributed by atoms with Gasteiger partial charge in [-0.2, -0.15) is 0 Å². The first-order valence-electron chi connectivity index (χ1n) is 10.7. The van der Waals surface area contributed by atoms with E-state index in [1.165, 1.54) is 43.4 Å². The molecular formula is C30H17ClO. The van der Waals surface area contributed by atoms with Crippen LogP contribution in [0, 0.1) is 0 Å². The standard InChI is InChI=1S/C30H17ClO/c31-20-11-13-26-28-16-19(10-14-29(28)32-30(26)17-20)18-9-12-25-23-7-2-1-5-21(23)22-6-3-4-8-24(22)27(25)15-18/h1-17H. The lowest BCUT2D eigenvalue weighted by atomic mass is 9.92. The summed E-state index contributed by atoms with van der Waals surface area (Å²) in [7, 11) is 0. The lowest BCUT2D eigenvalue weighted by Gasteiger charge is -2.12. The van der Waals surface area contributed by atoms with Gasteiger partial charge in [0.15, 0.2) is 0 Å². The lowest BCUT2D eigenvalue weighted by molar-refractivity contribution is 0.669. The summed E-state index contributed by atoms with van der Waals surface area (Å²) in [5.41, 5.74) is 4.07. The molecule has 6 aromatic carbocycles. The van der Waals surface area contributed by atoms with Crippen LogP contribution in [0.15, 0.2) is 108 Å². The molecule has 0 aliphatic carbocycles. The smallest absolute Gasteiger partial charge is 0.136 e. The van der Waals surface area contributed by atoms with Gasteiger partial charge < -0.3 is 4.42 Å². The second-order valence-corrected chi connectivity index (χ2v) is 8.74. The topological polar surface area (TPSA) is 13.1 Å². The van der Waals surface area contributed by atoms with Crippen LogP contribution in [-0.4, -0.2) is 0 Å². The minimum atomic E-state index is 0.686. The monoisotopic (exact) mass is 428 g/mol. The van der Waals surface area contributed by atoms with Gasteiger partial charge in [-0.05, 0) is 73.8 Å². The number of benzene rings is 6. The molecule has 0 unspecified atom stereocenters. The highest BCUT2D eigenvalue weighted by Gasteiger charge is 2.12. The van der Waals surface area contributed by atoms with E-state index in [0.717, 1.165) is 21.9 Å². The van der Waals surface area contributed by atoms with Crippen molar-refractivity contribution >= 4 is 65.9 Å². The number of hydrogen-bond acceptors (Lipinski definition) is 1. The summed E-state index contributed by atoms with van der Waals surface area (Å²) in [4.78, 5) is 0. The number of halogens is 1. The van der Waals surface area contributed by atoms with Gasteiger partial charge in [0, 0.05) is 21.9 Å². The number of rotatable bonds is 1. The minimum Gasteiger partial charge on any atom is -0.456 e. The normalized spacial score (nSPS) is 11.9. The van der Waals surface area contributed by atoms with Crippen molar-refractivity contribution in [3.63, 3.8) is 0 Å². The molecule has 32 heavy (non-hydrogen) atoms. The summed E-state index contributed by atoms with van der Waals surface area (Å²) in [6.07, 6.45) is 0. The van der Waals surface area contributed by atoms with Gasteiger partial charge in [0.25, 0.3) is 0 Å². The van der Waals surface area contributed by atoms with E-state index in [4.69, 9.17) is 16.0 Å². The molecule has 0 radical (unpaired) electrons. The molecular weight excluding hydrogens is 412 g/mol. The average Bonchev–Trinajstić information content (AvgIpc) is 3.20. The summed E-state index contributed by atoms with van der Waals surface area (Å²) >= 11 is 6.16. The van der Waals surface area contributed by atoms with Gasteiger partial charge in [0.2, 0.25) is 0 Å². The van der Waals surface area contributed by atoms with E-state index in [1.54, 1.807) is 0 Å².